The average molecular weight is 311 g/mol. The second kappa shape index (κ2) is 7.33. The van der Waals surface area contributed by atoms with Gasteiger partial charge in [-0.1, -0.05) is 12.1 Å². The Morgan fingerprint density at radius 2 is 2.18 bits per heavy atom. The minimum absolute atomic E-state index is 0.0367. The van der Waals surface area contributed by atoms with Gasteiger partial charge in [-0.05, 0) is 24.6 Å². The number of nitrogens with one attached hydrogen (secondary N) is 1. The molecule has 1 aromatic heterocycles. The van der Waals surface area contributed by atoms with Crippen molar-refractivity contribution in [1.29, 1.82) is 0 Å². The van der Waals surface area contributed by atoms with Gasteiger partial charge in [0.15, 0.2) is 0 Å². The molecule has 1 atom stereocenters. The van der Waals surface area contributed by atoms with E-state index in [1.165, 1.54) is 12.1 Å². The normalized spacial score (nSPS) is 12.6. The van der Waals surface area contributed by atoms with E-state index in [9.17, 15) is 13.9 Å². The number of hydrogen-bond acceptors (Lipinski definition) is 4. The molecule has 120 valence electrons. The van der Waals surface area contributed by atoms with E-state index in [0.717, 1.165) is 11.3 Å². The summed E-state index contributed by atoms with van der Waals surface area (Å²) in [5.74, 6) is 0.0367. The third kappa shape index (κ3) is 4.25. The van der Waals surface area contributed by atoms with Crippen LogP contribution >= 0.6 is 0 Å². The number of aliphatic hydroxyl groups excluding tert-OH is 1. The van der Waals surface area contributed by atoms with Gasteiger partial charge in [-0.25, -0.2) is 0 Å². The lowest BCUT2D eigenvalue weighted by molar-refractivity contribution is -0.0499. The second-order valence-electron chi connectivity index (χ2n) is 4.98. The van der Waals surface area contributed by atoms with E-state index in [2.05, 4.69) is 15.2 Å². The quantitative estimate of drug-likeness (QED) is 0.822. The molecule has 1 heterocycles. The Hall–Kier alpha value is -1.99. The Labute approximate surface area is 127 Å². The fourth-order valence-electron chi connectivity index (χ4n) is 2.08. The van der Waals surface area contributed by atoms with Gasteiger partial charge in [-0.15, -0.1) is 0 Å². The predicted octanol–water partition coefficient (Wildman–Crippen LogP) is 2.15. The number of ether oxygens (including phenoxy) is 1. The fraction of sp³-hybridized carbons (Fsp3) is 0.400. The molecule has 0 aliphatic heterocycles. The third-order valence-corrected chi connectivity index (χ3v) is 3.46. The number of aryl methyl sites for hydroxylation is 1. The number of halogens is 2. The van der Waals surface area contributed by atoms with Gasteiger partial charge >= 0.3 is 6.61 Å². The lowest BCUT2D eigenvalue weighted by atomic mass is 10.1. The maximum Gasteiger partial charge on any atom is 0.387 e. The molecule has 2 aromatic rings. The molecule has 0 amide bonds. The molecule has 1 unspecified atom stereocenters. The zero-order valence-electron chi connectivity index (χ0n) is 12.5. The summed E-state index contributed by atoms with van der Waals surface area (Å²) in [5.41, 5.74) is 2.62. The van der Waals surface area contributed by atoms with Crippen LogP contribution in [0.1, 0.15) is 22.9 Å². The van der Waals surface area contributed by atoms with Gasteiger partial charge in [0.2, 0.25) is 0 Å². The molecule has 0 aliphatic carbocycles. The fourth-order valence-corrected chi connectivity index (χ4v) is 2.08. The highest BCUT2D eigenvalue weighted by Crippen LogP contribution is 2.20. The molecule has 22 heavy (non-hydrogen) atoms. The summed E-state index contributed by atoms with van der Waals surface area (Å²) < 4.78 is 30.5. The monoisotopic (exact) mass is 311 g/mol. The Kier molecular flexibility index (Phi) is 5.46. The molecule has 2 N–H and O–H groups in total. The van der Waals surface area contributed by atoms with Gasteiger partial charge in [-0.2, -0.15) is 13.9 Å². The van der Waals surface area contributed by atoms with Crippen LogP contribution < -0.4 is 10.1 Å². The van der Waals surface area contributed by atoms with E-state index in [4.69, 9.17) is 0 Å². The summed E-state index contributed by atoms with van der Waals surface area (Å²) in [5, 5.41) is 17.4. The van der Waals surface area contributed by atoms with Crippen molar-refractivity contribution in [3.63, 3.8) is 0 Å². The van der Waals surface area contributed by atoms with E-state index in [1.54, 1.807) is 23.0 Å². The lowest BCUT2D eigenvalue weighted by Gasteiger charge is -2.13. The van der Waals surface area contributed by atoms with Gasteiger partial charge in [0.25, 0.3) is 0 Å². The summed E-state index contributed by atoms with van der Waals surface area (Å²) in [6.07, 6.45) is 0.962. The zero-order valence-corrected chi connectivity index (χ0v) is 12.5. The zero-order chi connectivity index (χ0) is 16.1. The van der Waals surface area contributed by atoms with Crippen molar-refractivity contribution in [2.24, 2.45) is 7.05 Å². The first kappa shape index (κ1) is 16.4. The molecule has 0 saturated carbocycles. The molecule has 0 radical (unpaired) electrons. The van der Waals surface area contributed by atoms with Gasteiger partial charge in [0.1, 0.15) is 5.75 Å². The molecule has 0 spiro atoms. The summed E-state index contributed by atoms with van der Waals surface area (Å²) in [6, 6.07) is 6.07. The van der Waals surface area contributed by atoms with Crippen LogP contribution in [0.5, 0.6) is 5.75 Å². The first-order valence-corrected chi connectivity index (χ1v) is 6.88. The SMILES string of the molecule is Cc1c(CNCC(O)c2cccc(OC(F)F)c2)cnn1C. The van der Waals surface area contributed by atoms with Gasteiger partial charge in [0.05, 0.1) is 12.3 Å². The van der Waals surface area contributed by atoms with Gasteiger partial charge < -0.3 is 15.2 Å². The van der Waals surface area contributed by atoms with Crippen LogP contribution in [0.15, 0.2) is 30.5 Å². The van der Waals surface area contributed by atoms with Gasteiger partial charge in [0, 0.05) is 31.4 Å². The molecule has 2 rings (SSSR count). The Bertz CT molecular complexity index is 617. The van der Waals surface area contributed by atoms with E-state index in [-0.39, 0.29) is 5.75 Å². The number of rotatable bonds is 7. The van der Waals surface area contributed by atoms with Crippen LogP contribution in [0.2, 0.25) is 0 Å². The number of benzene rings is 1. The summed E-state index contributed by atoms with van der Waals surface area (Å²) >= 11 is 0. The van der Waals surface area contributed by atoms with E-state index >= 15 is 0 Å². The van der Waals surface area contributed by atoms with Crippen LogP contribution in [-0.2, 0) is 13.6 Å². The lowest BCUT2D eigenvalue weighted by Crippen LogP contribution is -2.21. The molecule has 0 fully saturated rings. The maximum atomic E-state index is 12.2. The number of hydrogen-bond donors (Lipinski definition) is 2. The molecule has 0 saturated heterocycles. The van der Waals surface area contributed by atoms with Crippen LogP contribution in [0, 0.1) is 6.92 Å². The highest BCUT2D eigenvalue weighted by molar-refractivity contribution is 5.30. The maximum absolute atomic E-state index is 12.2. The minimum Gasteiger partial charge on any atom is -0.435 e. The molecule has 1 aromatic carbocycles. The first-order chi connectivity index (χ1) is 10.5. The molecule has 0 bridgehead atoms. The van der Waals surface area contributed by atoms with Crippen LogP contribution in [0.25, 0.3) is 0 Å². The number of nitrogens with zero attached hydrogens (tertiary/aromatic N) is 2. The Morgan fingerprint density at radius 1 is 1.41 bits per heavy atom. The van der Waals surface area contributed by atoms with E-state index in [0.29, 0.717) is 18.7 Å². The largest absolute Gasteiger partial charge is 0.435 e. The summed E-state index contributed by atoms with van der Waals surface area (Å²) in [4.78, 5) is 0. The first-order valence-electron chi connectivity index (χ1n) is 6.88. The standard InChI is InChI=1S/C15H19F2N3O2/c1-10-12(8-19-20(10)2)7-18-9-14(21)11-4-3-5-13(6-11)22-15(16)17/h3-6,8,14-15,18,21H,7,9H2,1-2H3. The number of aliphatic hydroxyl groups is 1. The van der Waals surface area contributed by atoms with Crippen molar-refractivity contribution in [2.45, 2.75) is 26.2 Å². The molecule has 0 aliphatic rings. The Balaban J connectivity index is 1.89. The minimum atomic E-state index is -2.88. The molecular formula is C15H19F2N3O2. The summed E-state index contributed by atoms with van der Waals surface area (Å²) in [7, 11) is 1.86. The predicted molar refractivity (Wildman–Crippen MR) is 77.7 cm³/mol. The highest BCUT2D eigenvalue weighted by Gasteiger charge is 2.11. The van der Waals surface area contributed by atoms with Crippen molar-refractivity contribution in [1.82, 2.24) is 15.1 Å². The Morgan fingerprint density at radius 3 is 2.82 bits per heavy atom. The average Bonchev–Trinajstić information content (AvgIpc) is 2.79. The van der Waals surface area contributed by atoms with Crippen molar-refractivity contribution >= 4 is 0 Å². The summed E-state index contributed by atoms with van der Waals surface area (Å²) in [6.45, 7) is -0.0405. The van der Waals surface area contributed by atoms with Crippen LogP contribution in [0.4, 0.5) is 8.78 Å². The van der Waals surface area contributed by atoms with Crippen LogP contribution in [-0.4, -0.2) is 28.0 Å². The van der Waals surface area contributed by atoms with Gasteiger partial charge in [-0.3, -0.25) is 4.68 Å². The van der Waals surface area contributed by atoms with Crippen molar-refractivity contribution in [3.8, 4) is 5.75 Å². The number of aromatic nitrogens is 2. The molecular weight excluding hydrogens is 292 g/mol. The molecule has 5 nitrogen and oxygen atoms in total. The van der Waals surface area contributed by atoms with Crippen molar-refractivity contribution in [3.05, 3.63) is 47.3 Å². The second-order valence-corrected chi connectivity index (χ2v) is 4.98. The van der Waals surface area contributed by atoms with E-state index in [1.807, 2.05) is 14.0 Å². The number of alkyl halides is 2. The van der Waals surface area contributed by atoms with Crippen LogP contribution in [0.3, 0.4) is 0 Å². The highest BCUT2D eigenvalue weighted by atomic mass is 19.3. The smallest absolute Gasteiger partial charge is 0.387 e. The van der Waals surface area contributed by atoms with Crippen molar-refractivity contribution in [2.75, 3.05) is 6.54 Å². The van der Waals surface area contributed by atoms with Crippen molar-refractivity contribution < 1.29 is 18.6 Å². The third-order valence-electron chi connectivity index (χ3n) is 3.46. The topological polar surface area (TPSA) is 59.3 Å². The molecule has 7 heteroatoms. The van der Waals surface area contributed by atoms with E-state index < -0.39 is 12.7 Å².